The summed E-state index contributed by atoms with van der Waals surface area (Å²) in [5.41, 5.74) is 1.43. The molecule has 1 unspecified atom stereocenters. The second-order valence-corrected chi connectivity index (χ2v) is 4.32. The molecule has 1 N–H and O–H groups in total. The predicted molar refractivity (Wildman–Crippen MR) is 63.9 cm³/mol. The van der Waals surface area contributed by atoms with Gasteiger partial charge in [-0.15, -0.1) is 0 Å². The van der Waals surface area contributed by atoms with Crippen LogP contribution in [0.3, 0.4) is 0 Å². The van der Waals surface area contributed by atoms with Crippen molar-refractivity contribution < 1.29 is 13.9 Å². The molecule has 1 atom stereocenters. The molecule has 0 aliphatic heterocycles. The molecule has 0 saturated heterocycles. The monoisotopic (exact) mass is 289 g/mol. The molecule has 0 fully saturated rings. The number of halogens is 2. The van der Waals surface area contributed by atoms with Crippen LogP contribution in [0.4, 0.5) is 10.1 Å². The van der Waals surface area contributed by atoms with Gasteiger partial charge >= 0.3 is 5.97 Å². The largest absolute Gasteiger partial charge is 0.467 e. The molecular weight excluding hydrogens is 277 g/mol. The standard InChI is InChI=1S/C11H13BrFNO2/c1-6-4-8(12)9(13)5-10(6)14-7(2)11(15)16-3/h4-5,7,14H,1-3H3. The zero-order valence-electron chi connectivity index (χ0n) is 9.30. The summed E-state index contributed by atoms with van der Waals surface area (Å²) in [6, 6.07) is 2.49. The van der Waals surface area contributed by atoms with Crippen LogP contribution >= 0.6 is 15.9 Å². The van der Waals surface area contributed by atoms with E-state index in [0.29, 0.717) is 10.2 Å². The van der Waals surface area contributed by atoms with Crippen molar-refractivity contribution in [2.75, 3.05) is 12.4 Å². The second kappa shape index (κ2) is 5.30. The number of aryl methyl sites for hydroxylation is 1. The summed E-state index contributed by atoms with van der Waals surface area (Å²) in [6.45, 7) is 3.49. The number of nitrogens with one attached hydrogen (secondary N) is 1. The summed E-state index contributed by atoms with van der Waals surface area (Å²) in [5.74, 6) is -0.757. The fourth-order valence-electron chi connectivity index (χ4n) is 1.27. The van der Waals surface area contributed by atoms with Crippen molar-refractivity contribution in [1.29, 1.82) is 0 Å². The number of anilines is 1. The van der Waals surface area contributed by atoms with E-state index in [4.69, 9.17) is 0 Å². The fourth-order valence-corrected chi connectivity index (χ4v) is 1.73. The van der Waals surface area contributed by atoms with Gasteiger partial charge in [-0.2, -0.15) is 0 Å². The van der Waals surface area contributed by atoms with Gasteiger partial charge in [-0.25, -0.2) is 9.18 Å². The third-order valence-corrected chi connectivity index (χ3v) is 2.80. The molecule has 0 saturated carbocycles. The Balaban J connectivity index is 2.89. The number of hydrogen-bond acceptors (Lipinski definition) is 3. The van der Waals surface area contributed by atoms with E-state index in [1.807, 2.05) is 6.92 Å². The zero-order chi connectivity index (χ0) is 12.3. The highest BCUT2D eigenvalue weighted by Crippen LogP contribution is 2.24. The van der Waals surface area contributed by atoms with Gasteiger partial charge in [0, 0.05) is 5.69 Å². The highest BCUT2D eigenvalue weighted by Gasteiger charge is 2.14. The molecule has 0 amide bonds. The Kier molecular flexibility index (Phi) is 4.29. The van der Waals surface area contributed by atoms with Crippen molar-refractivity contribution in [2.24, 2.45) is 0 Å². The van der Waals surface area contributed by atoms with Crippen LogP contribution in [0.1, 0.15) is 12.5 Å². The first-order valence-corrected chi connectivity index (χ1v) is 5.55. The van der Waals surface area contributed by atoms with Crippen molar-refractivity contribution in [1.82, 2.24) is 0 Å². The molecule has 1 rings (SSSR count). The molecule has 88 valence electrons. The molecule has 5 heteroatoms. The van der Waals surface area contributed by atoms with Gasteiger partial charge in [0.15, 0.2) is 0 Å². The Labute approximate surface area is 102 Å². The number of hydrogen-bond donors (Lipinski definition) is 1. The first kappa shape index (κ1) is 13.0. The van der Waals surface area contributed by atoms with Gasteiger partial charge in [0.1, 0.15) is 11.9 Å². The summed E-state index contributed by atoms with van der Waals surface area (Å²) in [7, 11) is 1.32. The number of rotatable bonds is 3. The molecule has 0 bridgehead atoms. The van der Waals surface area contributed by atoms with Gasteiger partial charge in [0.05, 0.1) is 11.6 Å². The maximum absolute atomic E-state index is 13.3. The van der Waals surface area contributed by atoms with Crippen LogP contribution in [0, 0.1) is 12.7 Å². The third kappa shape index (κ3) is 2.95. The molecule has 1 aromatic carbocycles. The summed E-state index contributed by atoms with van der Waals surface area (Å²) in [4.78, 5) is 11.2. The summed E-state index contributed by atoms with van der Waals surface area (Å²) < 4.78 is 18.3. The Hall–Kier alpha value is -1.10. The highest BCUT2D eigenvalue weighted by atomic mass is 79.9. The Morgan fingerprint density at radius 1 is 1.56 bits per heavy atom. The van der Waals surface area contributed by atoms with Crippen molar-refractivity contribution in [2.45, 2.75) is 19.9 Å². The van der Waals surface area contributed by atoms with Gasteiger partial charge in [-0.3, -0.25) is 0 Å². The van der Waals surface area contributed by atoms with E-state index < -0.39 is 6.04 Å². The van der Waals surface area contributed by atoms with Gasteiger partial charge in [-0.05, 0) is 47.5 Å². The first-order valence-electron chi connectivity index (χ1n) is 4.75. The van der Waals surface area contributed by atoms with Crippen LogP contribution in [0.5, 0.6) is 0 Å². The summed E-state index contributed by atoms with van der Waals surface area (Å²) >= 11 is 3.09. The van der Waals surface area contributed by atoms with E-state index >= 15 is 0 Å². The summed E-state index contributed by atoms with van der Waals surface area (Å²) in [6.07, 6.45) is 0. The maximum atomic E-state index is 13.3. The van der Waals surface area contributed by atoms with Gasteiger partial charge < -0.3 is 10.1 Å². The zero-order valence-corrected chi connectivity index (χ0v) is 10.9. The molecule has 0 aliphatic carbocycles. The number of methoxy groups -OCH3 is 1. The minimum Gasteiger partial charge on any atom is -0.467 e. The molecule has 16 heavy (non-hydrogen) atoms. The molecule has 0 aromatic heterocycles. The summed E-state index contributed by atoms with van der Waals surface area (Å²) in [5, 5.41) is 2.89. The molecule has 0 spiro atoms. The lowest BCUT2D eigenvalue weighted by Crippen LogP contribution is -2.27. The molecule has 1 aromatic rings. The Bertz CT molecular complexity index is 409. The minimum atomic E-state index is -0.510. The topological polar surface area (TPSA) is 38.3 Å². The Morgan fingerprint density at radius 2 is 2.19 bits per heavy atom. The van der Waals surface area contributed by atoms with Crippen molar-refractivity contribution in [3.63, 3.8) is 0 Å². The fraction of sp³-hybridized carbons (Fsp3) is 0.364. The molecule has 0 aliphatic rings. The van der Waals surface area contributed by atoms with Crippen LogP contribution in [-0.4, -0.2) is 19.1 Å². The lowest BCUT2D eigenvalue weighted by atomic mass is 10.2. The number of benzene rings is 1. The highest BCUT2D eigenvalue weighted by molar-refractivity contribution is 9.10. The normalized spacial score (nSPS) is 12.1. The predicted octanol–water partition coefficient (Wildman–Crippen LogP) is 2.87. The van der Waals surface area contributed by atoms with Crippen molar-refractivity contribution in [3.8, 4) is 0 Å². The number of carbonyl (C=O) groups is 1. The van der Waals surface area contributed by atoms with Crippen molar-refractivity contribution in [3.05, 3.63) is 28.0 Å². The smallest absolute Gasteiger partial charge is 0.327 e. The molecule has 0 heterocycles. The first-order chi connectivity index (χ1) is 7.45. The van der Waals surface area contributed by atoms with E-state index in [2.05, 4.69) is 26.0 Å². The lowest BCUT2D eigenvalue weighted by molar-refractivity contribution is -0.141. The molecular formula is C11H13BrFNO2. The van der Waals surface area contributed by atoms with Crippen LogP contribution in [0.15, 0.2) is 16.6 Å². The van der Waals surface area contributed by atoms with Crippen molar-refractivity contribution >= 4 is 27.6 Å². The maximum Gasteiger partial charge on any atom is 0.327 e. The van der Waals surface area contributed by atoms with E-state index in [-0.39, 0.29) is 11.8 Å². The average Bonchev–Trinajstić information content (AvgIpc) is 2.24. The molecule has 0 radical (unpaired) electrons. The number of esters is 1. The van der Waals surface area contributed by atoms with Crippen LogP contribution in [0.2, 0.25) is 0 Å². The second-order valence-electron chi connectivity index (χ2n) is 3.47. The average molecular weight is 290 g/mol. The molecule has 3 nitrogen and oxygen atoms in total. The van der Waals surface area contributed by atoms with Gasteiger partial charge in [0.2, 0.25) is 0 Å². The van der Waals surface area contributed by atoms with E-state index in [9.17, 15) is 9.18 Å². The van der Waals surface area contributed by atoms with Gasteiger partial charge in [0.25, 0.3) is 0 Å². The minimum absolute atomic E-state index is 0.370. The van der Waals surface area contributed by atoms with E-state index in [1.165, 1.54) is 13.2 Å². The van der Waals surface area contributed by atoms with E-state index in [0.717, 1.165) is 5.56 Å². The number of carbonyl (C=O) groups excluding carboxylic acids is 1. The quantitative estimate of drug-likeness (QED) is 0.870. The SMILES string of the molecule is COC(=O)C(C)Nc1cc(F)c(Br)cc1C. The Morgan fingerprint density at radius 3 is 2.75 bits per heavy atom. The van der Waals surface area contributed by atoms with Gasteiger partial charge in [-0.1, -0.05) is 0 Å². The van der Waals surface area contributed by atoms with Crippen LogP contribution < -0.4 is 5.32 Å². The lowest BCUT2D eigenvalue weighted by Gasteiger charge is -2.15. The van der Waals surface area contributed by atoms with Crippen LogP contribution in [-0.2, 0) is 9.53 Å². The third-order valence-electron chi connectivity index (χ3n) is 2.19. The van der Waals surface area contributed by atoms with Crippen LogP contribution in [0.25, 0.3) is 0 Å². The van der Waals surface area contributed by atoms with E-state index in [1.54, 1.807) is 13.0 Å². The number of ether oxygens (including phenoxy) is 1.